The van der Waals surface area contributed by atoms with Crippen LogP contribution in [0.1, 0.15) is 0 Å². The quantitative estimate of drug-likeness (QED) is 0.317. The van der Waals surface area contributed by atoms with Gasteiger partial charge in [0.2, 0.25) is 0 Å². The van der Waals surface area contributed by atoms with Gasteiger partial charge in [0.1, 0.15) is 16.4 Å². The van der Waals surface area contributed by atoms with Crippen LogP contribution in [0.2, 0.25) is 0 Å². The maximum Gasteiger partial charge on any atom is 0.298 e. The smallest absolute Gasteiger partial charge is 0.298 e. The van der Waals surface area contributed by atoms with Crippen LogP contribution in [-0.2, 0) is 10.1 Å². The Bertz CT molecular complexity index is 437. The second-order valence-corrected chi connectivity index (χ2v) is 4.16. The monoisotopic (exact) mass is 222 g/mol. The summed E-state index contributed by atoms with van der Waals surface area (Å²) in [6.07, 6.45) is 0. The second kappa shape index (κ2) is 3.09. The predicted molar refractivity (Wildman–Crippen MR) is 46.8 cm³/mol. The molecular weight excluding hydrogens is 216 g/mol. The number of thiol groups is 1. The zero-order valence-corrected chi connectivity index (χ0v) is 7.88. The number of aromatic hydroxyl groups is 2. The fourth-order valence-corrected chi connectivity index (χ4v) is 1.52. The minimum Gasteiger partial charge on any atom is -0.507 e. The molecule has 0 spiro atoms. The number of rotatable bonds is 1. The Morgan fingerprint density at radius 3 is 2.15 bits per heavy atom. The van der Waals surface area contributed by atoms with Crippen LogP contribution in [-0.4, -0.2) is 23.2 Å². The highest BCUT2D eigenvalue weighted by Crippen LogP contribution is 2.32. The normalized spacial score (nSPS) is 11.5. The molecule has 0 saturated carbocycles. The van der Waals surface area contributed by atoms with Gasteiger partial charge in [0, 0.05) is 11.0 Å². The van der Waals surface area contributed by atoms with Gasteiger partial charge in [0.25, 0.3) is 10.1 Å². The Balaban J connectivity index is 3.50. The molecule has 0 aliphatic rings. The highest BCUT2D eigenvalue weighted by Gasteiger charge is 2.17. The predicted octanol–water partition coefficient (Wildman–Crippen LogP) is 0.633. The molecule has 72 valence electrons. The highest BCUT2D eigenvalue weighted by molar-refractivity contribution is 7.86. The van der Waals surface area contributed by atoms with Gasteiger partial charge in [-0.2, -0.15) is 8.42 Å². The summed E-state index contributed by atoms with van der Waals surface area (Å²) >= 11 is 3.72. The molecule has 0 aromatic heterocycles. The molecule has 0 aliphatic carbocycles. The van der Waals surface area contributed by atoms with Crippen LogP contribution >= 0.6 is 12.6 Å². The minimum absolute atomic E-state index is 0.0184. The van der Waals surface area contributed by atoms with Gasteiger partial charge in [-0.05, 0) is 6.07 Å². The van der Waals surface area contributed by atoms with Crippen molar-refractivity contribution in [3.8, 4) is 11.5 Å². The first-order chi connectivity index (χ1) is 5.82. The van der Waals surface area contributed by atoms with Crippen LogP contribution in [0.15, 0.2) is 21.9 Å². The van der Waals surface area contributed by atoms with Crippen molar-refractivity contribution >= 4 is 22.7 Å². The number of benzene rings is 1. The van der Waals surface area contributed by atoms with Gasteiger partial charge < -0.3 is 10.2 Å². The molecule has 0 heterocycles. The summed E-state index contributed by atoms with van der Waals surface area (Å²) in [5.74, 6) is -1.10. The summed E-state index contributed by atoms with van der Waals surface area (Å²) in [6.45, 7) is 0. The third-order valence-electron chi connectivity index (χ3n) is 1.33. The molecule has 1 aromatic carbocycles. The van der Waals surface area contributed by atoms with Gasteiger partial charge in [-0.25, -0.2) is 0 Å². The van der Waals surface area contributed by atoms with Gasteiger partial charge in [-0.1, -0.05) is 0 Å². The van der Waals surface area contributed by atoms with E-state index in [-0.39, 0.29) is 4.90 Å². The van der Waals surface area contributed by atoms with Crippen molar-refractivity contribution in [2.24, 2.45) is 0 Å². The Kier molecular flexibility index (Phi) is 2.42. The second-order valence-electron chi connectivity index (χ2n) is 2.28. The molecule has 0 bridgehead atoms. The van der Waals surface area contributed by atoms with Crippen molar-refractivity contribution in [1.29, 1.82) is 0 Å². The van der Waals surface area contributed by atoms with Crippen molar-refractivity contribution in [3.63, 3.8) is 0 Å². The van der Waals surface area contributed by atoms with Crippen molar-refractivity contribution in [2.75, 3.05) is 0 Å². The van der Waals surface area contributed by atoms with Crippen molar-refractivity contribution in [3.05, 3.63) is 12.1 Å². The number of phenols is 2. The van der Waals surface area contributed by atoms with Crippen LogP contribution < -0.4 is 0 Å². The third-order valence-corrected chi connectivity index (χ3v) is 2.58. The first-order valence-corrected chi connectivity index (χ1v) is 4.93. The molecular formula is C6H6O5S2. The summed E-state index contributed by atoms with van der Waals surface area (Å²) in [5.41, 5.74) is 0. The van der Waals surface area contributed by atoms with Crippen LogP contribution in [0, 0.1) is 0 Å². The molecule has 0 aliphatic heterocycles. The van der Waals surface area contributed by atoms with Gasteiger partial charge in [-0.3, -0.25) is 4.55 Å². The van der Waals surface area contributed by atoms with E-state index in [0.29, 0.717) is 6.07 Å². The first-order valence-electron chi connectivity index (χ1n) is 3.05. The zero-order chi connectivity index (χ0) is 10.2. The van der Waals surface area contributed by atoms with Crippen molar-refractivity contribution < 1.29 is 23.2 Å². The van der Waals surface area contributed by atoms with E-state index >= 15 is 0 Å². The first kappa shape index (κ1) is 10.2. The van der Waals surface area contributed by atoms with E-state index in [1.54, 1.807) is 0 Å². The molecule has 7 heteroatoms. The molecule has 0 unspecified atom stereocenters. The maximum atomic E-state index is 10.6. The van der Waals surface area contributed by atoms with E-state index in [0.717, 1.165) is 6.07 Å². The number of phenolic OH excluding ortho intramolecular Hbond substituents is 2. The summed E-state index contributed by atoms with van der Waals surface area (Å²) in [4.78, 5) is -0.729. The average molecular weight is 222 g/mol. The van der Waals surface area contributed by atoms with Crippen LogP contribution in [0.3, 0.4) is 0 Å². The van der Waals surface area contributed by atoms with E-state index in [1.807, 2.05) is 0 Å². The Morgan fingerprint density at radius 2 is 1.69 bits per heavy atom. The summed E-state index contributed by atoms with van der Waals surface area (Å²) < 4.78 is 29.7. The molecule has 0 amide bonds. The molecule has 0 atom stereocenters. The third kappa shape index (κ3) is 2.06. The lowest BCUT2D eigenvalue weighted by molar-refractivity contribution is 0.426. The minimum atomic E-state index is -4.52. The van der Waals surface area contributed by atoms with Gasteiger partial charge >= 0.3 is 0 Å². The Labute approximate surface area is 79.8 Å². The molecule has 5 nitrogen and oxygen atoms in total. The lowest BCUT2D eigenvalue weighted by atomic mass is 10.3. The maximum absolute atomic E-state index is 10.6. The van der Waals surface area contributed by atoms with Crippen LogP contribution in [0.25, 0.3) is 0 Å². The average Bonchev–Trinajstić information content (AvgIpc) is 1.94. The fourth-order valence-electron chi connectivity index (χ4n) is 0.753. The van der Waals surface area contributed by atoms with Gasteiger partial charge in [-0.15, -0.1) is 12.6 Å². The van der Waals surface area contributed by atoms with E-state index in [4.69, 9.17) is 14.8 Å². The summed E-state index contributed by atoms with van der Waals surface area (Å²) in [6, 6.07) is 1.63. The standard InChI is InChI=1S/C6H6O5S2/c7-3-2-6(13(9,10)11)4(8)1-5(3)12/h1-2,7-8,12H,(H,9,10,11). The SMILES string of the molecule is O=S(=O)(O)c1cc(O)c(S)cc1O. The zero-order valence-electron chi connectivity index (χ0n) is 6.17. The lowest BCUT2D eigenvalue weighted by Crippen LogP contribution is -1.98. The van der Waals surface area contributed by atoms with E-state index < -0.39 is 26.5 Å². The fraction of sp³-hybridized carbons (Fsp3) is 0. The van der Waals surface area contributed by atoms with Crippen molar-refractivity contribution in [1.82, 2.24) is 0 Å². The van der Waals surface area contributed by atoms with E-state index in [1.165, 1.54) is 0 Å². The Morgan fingerprint density at radius 1 is 1.15 bits per heavy atom. The van der Waals surface area contributed by atoms with Gasteiger partial charge in [0.05, 0.1) is 0 Å². The highest BCUT2D eigenvalue weighted by atomic mass is 32.2. The molecule has 3 N–H and O–H groups in total. The number of hydrogen-bond acceptors (Lipinski definition) is 5. The summed E-state index contributed by atoms with van der Waals surface area (Å²) in [5, 5.41) is 18.1. The Hall–Kier alpha value is -0.920. The number of hydrogen-bond donors (Lipinski definition) is 4. The lowest BCUT2D eigenvalue weighted by Gasteiger charge is -2.03. The molecule has 0 fully saturated rings. The molecule has 1 rings (SSSR count). The molecule has 1 aromatic rings. The van der Waals surface area contributed by atoms with Gasteiger partial charge in [0.15, 0.2) is 0 Å². The van der Waals surface area contributed by atoms with Crippen LogP contribution in [0.5, 0.6) is 11.5 Å². The topological polar surface area (TPSA) is 94.8 Å². The largest absolute Gasteiger partial charge is 0.507 e. The van der Waals surface area contributed by atoms with Crippen molar-refractivity contribution in [2.45, 2.75) is 9.79 Å². The summed E-state index contributed by atoms with van der Waals surface area (Å²) in [7, 11) is -4.52. The molecule has 13 heavy (non-hydrogen) atoms. The molecule has 0 saturated heterocycles. The molecule has 0 radical (unpaired) electrons. The van der Waals surface area contributed by atoms with E-state index in [9.17, 15) is 8.42 Å². The van der Waals surface area contributed by atoms with E-state index in [2.05, 4.69) is 12.6 Å². The van der Waals surface area contributed by atoms with Crippen LogP contribution in [0.4, 0.5) is 0 Å².